The zero-order valence-corrected chi connectivity index (χ0v) is 10.8. The van der Waals surface area contributed by atoms with E-state index < -0.39 is 0 Å². The van der Waals surface area contributed by atoms with Crippen molar-refractivity contribution in [3.63, 3.8) is 0 Å². The Morgan fingerprint density at radius 2 is 2.21 bits per heavy atom. The van der Waals surface area contributed by atoms with Gasteiger partial charge in [0, 0.05) is 18.9 Å². The van der Waals surface area contributed by atoms with Gasteiger partial charge in [0.25, 0.3) is 0 Å². The Bertz CT molecular complexity index is 518. The van der Waals surface area contributed by atoms with Crippen LogP contribution in [-0.2, 0) is 17.9 Å². The second-order valence-electron chi connectivity index (χ2n) is 3.91. The number of anilines is 2. The molecule has 0 amide bonds. The van der Waals surface area contributed by atoms with Gasteiger partial charge in [-0.05, 0) is 19.1 Å². The van der Waals surface area contributed by atoms with Gasteiger partial charge in [0.2, 0.25) is 0 Å². The number of aromatic nitrogens is 3. The highest BCUT2D eigenvalue weighted by Crippen LogP contribution is 2.10. The van der Waals surface area contributed by atoms with Crippen LogP contribution in [0.3, 0.4) is 0 Å². The van der Waals surface area contributed by atoms with Crippen LogP contribution in [0.2, 0.25) is 0 Å². The molecule has 2 aromatic rings. The predicted molar refractivity (Wildman–Crippen MR) is 73.3 cm³/mol. The van der Waals surface area contributed by atoms with E-state index >= 15 is 0 Å². The lowest BCUT2D eigenvalue weighted by Gasteiger charge is -2.08. The molecule has 2 heterocycles. The maximum atomic E-state index is 5.74. The molecule has 0 saturated carbocycles. The van der Waals surface area contributed by atoms with Crippen LogP contribution in [0, 0.1) is 0 Å². The van der Waals surface area contributed by atoms with Crippen LogP contribution in [0.4, 0.5) is 11.6 Å². The highest BCUT2D eigenvalue weighted by Gasteiger charge is 2.03. The number of hydrogen-bond donors (Lipinski definition) is 2. The number of nitrogen functional groups attached to an aromatic ring is 1. The lowest BCUT2D eigenvalue weighted by atomic mass is 10.3. The van der Waals surface area contributed by atoms with Gasteiger partial charge in [-0.15, -0.1) is 0 Å². The van der Waals surface area contributed by atoms with Crippen LogP contribution in [0.25, 0.3) is 0 Å². The summed E-state index contributed by atoms with van der Waals surface area (Å²) in [7, 11) is 0. The summed E-state index contributed by atoms with van der Waals surface area (Å²) in [6.07, 6.45) is 1.76. The fourth-order valence-corrected chi connectivity index (χ4v) is 1.55. The van der Waals surface area contributed by atoms with Crippen molar-refractivity contribution in [3.05, 3.63) is 42.0 Å². The van der Waals surface area contributed by atoms with E-state index in [0.717, 1.165) is 5.69 Å². The molecule has 6 nitrogen and oxygen atoms in total. The first kappa shape index (κ1) is 13.2. The highest BCUT2D eigenvalue weighted by molar-refractivity contribution is 5.44. The van der Waals surface area contributed by atoms with Crippen LogP contribution in [-0.4, -0.2) is 21.6 Å². The van der Waals surface area contributed by atoms with Gasteiger partial charge in [-0.3, -0.25) is 4.98 Å². The molecular formula is C13H17N5O. The third-order valence-corrected chi connectivity index (χ3v) is 2.40. The number of nitrogens with two attached hydrogens (primary N) is 1. The molecule has 0 atom stereocenters. The SMILES string of the molecule is CCOCc1nc(N)cc(NCc2ccccn2)n1. The molecule has 0 unspecified atom stereocenters. The van der Waals surface area contributed by atoms with Gasteiger partial charge >= 0.3 is 0 Å². The van der Waals surface area contributed by atoms with E-state index in [1.54, 1.807) is 12.3 Å². The molecule has 0 aliphatic carbocycles. The van der Waals surface area contributed by atoms with Crippen molar-refractivity contribution in [2.45, 2.75) is 20.1 Å². The van der Waals surface area contributed by atoms with Crippen molar-refractivity contribution in [2.75, 3.05) is 17.7 Å². The molecule has 0 aromatic carbocycles. The first-order valence-corrected chi connectivity index (χ1v) is 6.13. The third-order valence-electron chi connectivity index (χ3n) is 2.40. The number of hydrogen-bond acceptors (Lipinski definition) is 6. The Labute approximate surface area is 112 Å². The lowest BCUT2D eigenvalue weighted by Crippen LogP contribution is -2.08. The number of nitrogens with zero attached hydrogens (tertiary/aromatic N) is 3. The summed E-state index contributed by atoms with van der Waals surface area (Å²) in [6, 6.07) is 7.46. The molecular weight excluding hydrogens is 242 g/mol. The normalized spacial score (nSPS) is 10.4. The zero-order valence-electron chi connectivity index (χ0n) is 10.8. The van der Waals surface area contributed by atoms with Gasteiger partial charge in [0.05, 0.1) is 12.2 Å². The molecule has 2 rings (SSSR count). The Hall–Kier alpha value is -2.21. The molecule has 3 N–H and O–H groups in total. The fourth-order valence-electron chi connectivity index (χ4n) is 1.55. The molecule has 19 heavy (non-hydrogen) atoms. The molecule has 6 heteroatoms. The molecule has 0 aliphatic rings. The molecule has 0 aliphatic heterocycles. The molecule has 0 radical (unpaired) electrons. The first-order chi connectivity index (χ1) is 9.28. The topological polar surface area (TPSA) is 86.0 Å². The summed E-state index contributed by atoms with van der Waals surface area (Å²) in [5.74, 6) is 1.67. The monoisotopic (exact) mass is 259 g/mol. The quantitative estimate of drug-likeness (QED) is 0.819. The average molecular weight is 259 g/mol. The van der Waals surface area contributed by atoms with Gasteiger partial charge in [-0.1, -0.05) is 6.07 Å². The number of pyridine rings is 1. The van der Waals surface area contributed by atoms with Gasteiger partial charge in [-0.25, -0.2) is 9.97 Å². The third kappa shape index (κ3) is 4.18. The minimum atomic E-state index is 0.361. The highest BCUT2D eigenvalue weighted by atomic mass is 16.5. The summed E-state index contributed by atoms with van der Waals surface area (Å²) in [5.41, 5.74) is 6.67. The van der Waals surface area contributed by atoms with Gasteiger partial charge in [0.1, 0.15) is 18.2 Å². The van der Waals surface area contributed by atoms with Crippen LogP contribution >= 0.6 is 0 Å². The van der Waals surface area contributed by atoms with Crippen molar-refractivity contribution in [2.24, 2.45) is 0 Å². The number of ether oxygens (including phenoxy) is 1. The minimum Gasteiger partial charge on any atom is -0.384 e. The van der Waals surface area contributed by atoms with Crippen LogP contribution in [0.15, 0.2) is 30.5 Å². The molecule has 0 bridgehead atoms. The minimum absolute atomic E-state index is 0.361. The summed E-state index contributed by atoms with van der Waals surface area (Å²) < 4.78 is 5.27. The largest absolute Gasteiger partial charge is 0.384 e. The summed E-state index contributed by atoms with van der Waals surface area (Å²) in [6.45, 7) is 3.49. The summed E-state index contributed by atoms with van der Waals surface area (Å²) in [4.78, 5) is 12.7. The molecule has 0 spiro atoms. The maximum Gasteiger partial charge on any atom is 0.158 e. The molecule has 100 valence electrons. The van der Waals surface area contributed by atoms with E-state index in [9.17, 15) is 0 Å². The zero-order chi connectivity index (χ0) is 13.5. The summed E-state index contributed by atoms with van der Waals surface area (Å²) in [5, 5.41) is 3.17. The van der Waals surface area contributed by atoms with E-state index in [1.807, 2.05) is 25.1 Å². The van der Waals surface area contributed by atoms with E-state index in [2.05, 4.69) is 20.3 Å². The van der Waals surface area contributed by atoms with E-state index in [0.29, 0.717) is 37.2 Å². The van der Waals surface area contributed by atoms with Crippen LogP contribution < -0.4 is 11.1 Å². The van der Waals surface area contributed by atoms with Crippen LogP contribution in [0.1, 0.15) is 18.4 Å². The van der Waals surface area contributed by atoms with E-state index in [-0.39, 0.29) is 0 Å². The second-order valence-corrected chi connectivity index (χ2v) is 3.91. The van der Waals surface area contributed by atoms with Gasteiger partial charge < -0.3 is 15.8 Å². The van der Waals surface area contributed by atoms with Crippen molar-refractivity contribution in [3.8, 4) is 0 Å². The lowest BCUT2D eigenvalue weighted by molar-refractivity contribution is 0.128. The molecule has 2 aromatic heterocycles. The Kier molecular flexibility index (Phi) is 4.63. The summed E-state index contributed by atoms with van der Waals surface area (Å²) >= 11 is 0. The smallest absolute Gasteiger partial charge is 0.158 e. The van der Waals surface area contributed by atoms with Crippen molar-refractivity contribution < 1.29 is 4.74 Å². The Balaban J connectivity index is 2.01. The van der Waals surface area contributed by atoms with Crippen molar-refractivity contribution >= 4 is 11.6 Å². The predicted octanol–water partition coefficient (Wildman–Crippen LogP) is 1.60. The number of nitrogens with one attached hydrogen (secondary N) is 1. The van der Waals surface area contributed by atoms with Crippen molar-refractivity contribution in [1.29, 1.82) is 0 Å². The Morgan fingerprint density at radius 3 is 2.95 bits per heavy atom. The van der Waals surface area contributed by atoms with E-state index in [1.165, 1.54) is 0 Å². The van der Waals surface area contributed by atoms with Gasteiger partial charge in [-0.2, -0.15) is 0 Å². The average Bonchev–Trinajstić information content (AvgIpc) is 2.43. The molecule has 0 fully saturated rings. The standard InChI is InChI=1S/C13H17N5O/c1-2-19-9-13-17-11(14)7-12(18-13)16-8-10-5-3-4-6-15-10/h3-7H,2,8-9H2,1H3,(H3,14,16,17,18). The number of rotatable bonds is 6. The van der Waals surface area contributed by atoms with E-state index in [4.69, 9.17) is 10.5 Å². The van der Waals surface area contributed by atoms with Crippen LogP contribution in [0.5, 0.6) is 0 Å². The molecule has 0 saturated heterocycles. The second kappa shape index (κ2) is 6.65. The van der Waals surface area contributed by atoms with Gasteiger partial charge in [0.15, 0.2) is 5.82 Å². The Morgan fingerprint density at radius 1 is 1.32 bits per heavy atom. The van der Waals surface area contributed by atoms with Crippen molar-refractivity contribution in [1.82, 2.24) is 15.0 Å². The first-order valence-electron chi connectivity index (χ1n) is 6.13. The fraction of sp³-hybridized carbons (Fsp3) is 0.308. The maximum absolute atomic E-state index is 5.74.